The summed E-state index contributed by atoms with van der Waals surface area (Å²) in [4.78, 5) is 14.0. The van der Waals surface area contributed by atoms with Gasteiger partial charge in [0.05, 0.1) is 7.11 Å². The average molecular weight is 433 g/mol. The summed E-state index contributed by atoms with van der Waals surface area (Å²) in [6.07, 6.45) is 8.82. The lowest BCUT2D eigenvalue weighted by atomic mass is 9.89. The lowest BCUT2D eigenvalue weighted by molar-refractivity contribution is 0.0693. The molecule has 32 heavy (non-hydrogen) atoms. The van der Waals surface area contributed by atoms with Crippen molar-refractivity contribution < 1.29 is 14.6 Å². The van der Waals surface area contributed by atoms with E-state index in [1.165, 1.54) is 42.8 Å². The molecule has 168 valence electrons. The maximum atomic E-state index is 11.5. The molecule has 0 amide bonds. The monoisotopic (exact) mass is 432 g/mol. The molecule has 5 nitrogen and oxygen atoms in total. The van der Waals surface area contributed by atoms with Gasteiger partial charge < -0.3 is 14.4 Å². The molecule has 0 spiro atoms. The number of ether oxygens (including phenoxy) is 1. The minimum Gasteiger partial charge on any atom is -0.496 e. The fraction of sp³-hybridized carbons (Fsp3) is 0.444. The highest BCUT2D eigenvalue weighted by Gasteiger charge is 2.25. The molecule has 1 aliphatic heterocycles. The van der Waals surface area contributed by atoms with Crippen molar-refractivity contribution in [2.24, 2.45) is 5.92 Å². The molecule has 0 unspecified atom stereocenters. The molecule has 0 bridgehead atoms. The molecule has 2 aliphatic rings. The molecule has 3 aromatic rings. The van der Waals surface area contributed by atoms with Crippen molar-refractivity contribution in [1.29, 1.82) is 0 Å². The SMILES string of the molecule is COc1ccc(CN2CCC(c3cn(CCC4CC4)c4ccccc34)CC2)cc1C(=O)O. The number of rotatable bonds is 8. The van der Waals surface area contributed by atoms with Crippen LogP contribution in [0.1, 0.15) is 59.5 Å². The maximum Gasteiger partial charge on any atom is 0.339 e. The lowest BCUT2D eigenvalue weighted by Crippen LogP contribution is -2.32. The van der Waals surface area contributed by atoms with E-state index in [1.807, 2.05) is 6.07 Å². The van der Waals surface area contributed by atoms with Gasteiger partial charge in [-0.05, 0) is 73.5 Å². The van der Waals surface area contributed by atoms with E-state index in [0.29, 0.717) is 11.7 Å². The summed E-state index contributed by atoms with van der Waals surface area (Å²) < 4.78 is 7.68. The number of aromatic carboxylic acids is 1. The van der Waals surface area contributed by atoms with Crippen molar-refractivity contribution in [1.82, 2.24) is 9.47 Å². The van der Waals surface area contributed by atoms with Crippen LogP contribution >= 0.6 is 0 Å². The van der Waals surface area contributed by atoms with Crippen LogP contribution in [-0.2, 0) is 13.1 Å². The second kappa shape index (κ2) is 8.99. The van der Waals surface area contributed by atoms with E-state index in [0.717, 1.165) is 50.5 Å². The zero-order chi connectivity index (χ0) is 22.1. The highest BCUT2D eigenvalue weighted by molar-refractivity contribution is 5.91. The van der Waals surface area contributed by atoms with Crippen molar-refractivity contribution in [3.8, 4) is 5.75 Å². The van der Waals surface area contributed by atoms with E-state index in [4.69, 9.17) is 4.74 Å². The van der Waals surface area contributed by atoms with Gasteiger partial charge in [0.25, 0.3) is 0 Å². The van der Waals surface area contributed by atoms with Crippen LogP contribution in [0.3, 0.4) is 0 Å². The largest absolute Gasteiger partial charge is 0.496 e. The number of fused-ring (bicyclic) bond motifs is 1. The van der Waals surface area contributed by atoms with E-state index in [9.17, 15) is 9.90 Å². The number of methoxy groups -OCH3 is 1. The first-order valence-electron chi connectivity index (χ1n) is 11.8. The zero-order valence-corrected chi connectivity index (χ0v) is 18.8. The molecule has 0 radical (unpaired) electrons. The predicted molar refractivity (Wildman–Crippen MR) is 126 cm³/mol. The van der Waals surface area contributed by atoms with Gasteiger partial charge in [-0.1, -0.05) is 37.1 Å². The highest BCUT2D eigenvalue weighted by Crippen LogP contribution is 2.37. The van der Waals surface area contributed by atoms with Crippen LogP contribution < -0.4 is 4.74 Å². The van der Waals surface area contributed by atoms with Crippen LogP contribution in [0.5, 0.6) is 5.75 Å². The van der Waals surface area contributed by atoms with Gasteiger partial charge in [0, 0.05) is 30.2 Å². The van der Waals surface area contributed by atoms with Crippen molar-refractivity contribution in [2.75, 3.05) is 20.2 Å². The Morgan fingerprint density at radius 3 is 2.59 bits per heavy atom. The third-order valence-corrected chi connectivity index (χ3v) is 7.22. The van der Waals surface area contributed by atoms with Crippen molar-refractivity contribution in [3.63, 3.8) is 0 Å². The topological polar surface area (TPSA) is 54.7 Å². The van der Waals surface area contributed by atoms with Crippen LogP contribution in [-0.4, -0.2) is 40.7 Å². The molecule has 1 saturated heterocycles. The number of aryl methyl sites for hydroxylation is 1. The van der Waals surface area contributed by atoms with Gasteiger partial charge in [0.15, 0.2) is 0 Å². The Kier molecular flexibility index (Phi) is 5.92. The molecular formula is C27H32N2O3. The second-order valence-corrected chi connectivity index (χ2v) is 9.42. The third kappa shape index (κ3) is 4.40. The number of carbonyl (C=O) groups is 1. The molecule has 5 rings (SSSR count). The average Bonchev–Trinajstić information content (AvgIpc) is 3.58. The number of benzene rings is 2. The number of carboxylic acid groups (broad SMARTS) is 1. The number of para-hydroxylation sites is 1. The van der Waals surface area contributed by atoms with Gasteiger partial charge >= 0.3 is 5.97 Å². The standard InChI is InChI=1S/C27H32N2O3/c1-32-26-9-8-20(16-23(26)27(30)31)17-28-13-11-21(12-14-28)24-18-29(15-10-19-6-7-19)25-5-3-2-4-22(24)25/h2-5,8-9,16,18-19,21H,6-7,10-15,17H2,1H3,(H,30,31). The molecule has 1 aromatic heterocycles. The highest BCUT2D eigenvalue weighted by atomic mass is 16.5. The number of aromatic nitrogens is 1. The van der Waals surface area contributed by atoms with E-state index in [1.54, 1.807) is 12.1 Å². The van der Waals surface area contributed by atoms with Gasteiger partial charge in [-0.15, -0.1) is 0 Å². The number of carboxylic acids is 1. The van der Waals surface area contributed by atoms with Crippen molar-refractivity contribution in [3.05, 3.63) is 65.4 Å². The summed E-state index contributed by atoms with van der Waals surface area (Å²) in [5.74, 6) is 1.00. The van der Waals surface area contributed by atoms with Crippen molar-refractivity contribution in [2.45, 2.75) is 51.1 Å². The Hall–Kier alpha value is -2.79. The number of nitrogens with zero attached hydrogens (tertiary/aromatic N) is 2. The lowest BCUT2D eigenvalue weighted by Gasteiger charge is -2.32. The predicted octanol–water partition coefficient (Wildman–Crippen LogP) is 5.53. The van der Waals surface area contributed by atoms with Gasteiger partial charge in [0.1, 0.15) is 11.3 Å². The Morgan fingerprint density at radius 1 is 1.09 bits per heavy atom. The molecule has 2 aromatic carbocycles. The summed E-state index contributed by atoms with van der Waals surface area (Å²) in [5, 5.41) is 10.9. The molecular weight excluding hydrogens is 400 g/mol. The smallest absolute Gasteiger partial charge is 0.339 e. The number of hydrogen-bond donors (Lipinski definition) is 1. The van der Waals surface area contributed by atoms with E-state index in [2.05, 4.69) is 39.9 Å². The molecule has 1 aliphatic carbocycles. The molecule has 2 heterocycles. The summed E-state index contributed by atoms with van der Waals surface area (Å²) in [6.45, 7) is 3.97. The normalized spacial score (nSPS) is 17.7. The molecule has 1 saturated carbocycles. The Morgan fingerprint density at radius 2 is 1.88 bits per heavy atom. The van der Waals surface area contributed by atoms with Crippen LogP contribution in [0.15, 0.2) is 48.7 Å². The maximum absolute atomic E-state index is 11.5. The first kappa shape index (κ1) is 21.1. The molecule has 1 N–H and O–H groups in total. The number of hydrogen-bond acceptors (Lipinski definition) is 3. The van der Waals surface area contributed by atoms with Crippen LogP contribution in [0.2, 0.25) is 0 Å². The summed E-state index contributed by atoms with van der Waals surface area (Å²) >= 11 is 0. The fourth-order valence-corrected chi connectivity index (χ4v) is 5.19. The van der Waals surface area contributed by atoms with Crippen LogP contribution in [0.25, 0.3) is 10.9 Å². The van der Waals surface area contributed by atoms with Gasteiger partial charge in [-0.3, -0.25) is 4.90 Å². The van der Waals surface area contributed by atoms with Gasteiger partial charge in [0.2, 0.25) is 0 Å². The Labute approximate surface area is 189 Å². The first-order chi connectivity index (χ1) is 15.6. The molecule has 0 atom stereocenters. The van der Waals surface area contributed by atoms with Gasteiger partial charge in [-0.2, -0.15) is 0 Å². The van der Waals surface area contributed by atoms with Crippen molar-refractivity contribution >= 4 is 16.9 Å². The molecule has 5 heteroatoms. The van der Waals surface area contributed by atoms with E-state index >= 15 is 0 Å². The minimum absolute atomic E-state index is 0.235. The molecule has 2 fully saturated rings. The van der Waals surface area contributed by atoms with Crippen LogP contribution in [0.4, 0.5) is 0 Å². The first-order valence-corrected chi connectivity index (χ1v) is 11.8. The number of likely N-dealkylation sites (tertiary alicyclic amines) is 1. The summed E-state index contributed by atoms with van der Waals surface area (Å²) in [5.41, 5.74) is 4.15. The second-order valence-electron chi connectivity index (χ2n) is 9.42. The summed E-state index contributed by atoms with van der Waals surface area (Å²) in [7, 11) is 1.51. The van der Waals surface area contributed by atoms with E-state index < -0.39 is 5.97 Å². The van der Waals surface area contributed by atoms with Crippen LogP contribution in [0, 0.1) is 5.92 Å². The van der Waals surface area contributed by atoms with E-state index in [-0.39, 0.29) is 5.56 Å². The Balaban J connectivity index is 1.26. The number of piperidine rings is 1. The quantitative estimate of drug-likeness (QED) is 0.509. The minimum atomic E-state index is -0.944. The van der Waals surface area contributed by atoms with Gasteiger partial charge in [-0.25, -0.2) is 4.79 Å². The summed E-state index contributed by atoms with van der Waals surface area (Å²) in [6, 6.07) is 14.4. The third-order valence-electron chi connectivity index (χ3n) is 7.22. The fourth-order valence-electron chi connectivity index (χ4n) is 5.19. The Bertz CT molecular complexity index is 1110. The zero-order valence-electron chi connectivity index (χ0n) is 18.8.